The zero-order valence-corrected chi connectivity index (χ0v) is 6.90. The smallest absolute Gasteiger partial charge is 0.314 e. The molecule has 0 spiro atoms. The molecule has 0 radical (unpaired) electrons. The average Bonchev–Trinajstić information content (AvgIpc) is 2.15. The van der Waals surface area contributed by atoms with Gasteiger partial charge in [0.2, 0.25) is 0 Å². The van der Waals surface area contributed by atoms with Gasteiger partial charge in [-0.1, -0.05) is 28.2 Å². The van der Waals surface area contributed by atoms with Crippen LogP contribution in [0.25, 0.3) is 0 Å². The number of urea groups is 1. The van der Waals surface area contributed by atoms with Gasteiger partial charge in [0.15, 0.2) is 0 Å². The second-order valence-electron chi connectivity index (χ2n) is 2.91. The van der Waals surface area contributed by atoms with Crippen LogP contribution in [0.4, 0.5) is 4.79 Å². The molecule has 0 aromatic heterocycles. The monoisotopic (exact) mass is 160 g/mol. The lowest BCUT2D eigenvalue weighted by molar-refractivity contribution is 0.248. The molecule has 1 heterocycles. The van der Waals surface area contributed by atoms with Crippen molar-refractivity contribution < 1.29 is 4.79 Å². The Morgan fingerprint density at radius 3 is 1.55 bits per heavy atom. The van der Waals surface area contributed by atoms with Gasteiger partial charge in [0.1, 0.15) is 0 Å². The molecule has 0 aliphatic carbocycles. The molecule has 1 fully saturated rings. The highest BCUT2D eigenvalue weighted by molar-refractivity contribution is 5.75. The summed E-state index contributed by atoms with van der Waals surface area (Å²) >= 11 is 0. The van der Waals surface area contributed by atoms with Crippen LogP contribution in [0.2, 0.25) is 0 Å². The highest BCUT2D eigenvalue weighted by Gasteiger charge is 2.02. The zero-order valence-electron chi connectivity index (χ0n) is 6.90. The van der Waals surface area contributed by atoms with Crippen LogP contribution in [-0.4, -0.2) is 19.1 Å². The maximum absolute atomic E-state index is 10.0. The Labute approximate surface area is 69.6 Å². The van der Waals surface area contributed by atoms with Crippen molar-refractivity contribution in [3.63, 3.8) is 0 Å². The summed E-state index contributed by atoms with van der Waals surface area (Å²) in [6.07, 6.45) is 0. The molecule has 1 saturated heterocycles. The van der Waals surface area contributed by atoms with Gasteiger partial charge < -0.3 is 10.6 Å². The number of amides is 2. The molecule has 2 amide bonds. The van der Waals surface area contributed by atoms with Crippen molar-refractivity contribution >= 4 is 6.03 Å². The number of rotatable bonds is 0. The molecule has 0 saturated carbocycles. The lowest BCUT2D eigenvalue weighted by atomic mass is 10.3. The summed E-state index contributed by atoms with van der Waals surface area (Å²) in [4.78, 5) is 10.0. The first-order valence-electron chi connectivity index (χ1n) is 3.64. The summed E-state index contributed by atoms with van der Waals surface area (Å²) in [5, 5.41) is 5.14. The van der Waals surface area contributed by atoms with E-state index >= 15 is 0 Å². The summed E-state index contributed by atoms with van der Waals surface area (Å²) in [6, 6.07) is -0.0463. The summed E-state index contributed by atoms with van der Waals surface area (Å²) in [5.41, 5.74) is 0. The molecule has 2 N–H and O–H groups in total. The third-order valence-electron chi connectivity index (χ3n) is 0.696. The Balaban J connectivity index is 0. The highest BCUT2D eigenvalue weighted by Crippen LogP contribution is 1.81. The van der Waals surface area contributed by atoms with Gasteiger partial charge in [-0.3, -0.25) is 0 Å². The average molecular weight is 160 g/mol. The van der Waals surface area contributed by atoms with Crippen molar-refractivity contribution in [2.24, 2.45) is 5.92 Å². The van der Waals surface area contributed by atoms with Crippen LogP contribution in [0.15, 0.2) is 0 Å². The minimum Gasteiger partial charge on any atom is -0.336 e. The molecule has 68 valence electrons. The van der Waals surface area contributed by atoms with Crippen LogP contribution in [0, 0.1) is 5.92 Å². The fourth-order valence-electron chi connectivity index (χ4n) is 0.415. The molecule has 3 heteroatoms. The number of nitrogens with one attached hydrogen (secondary N) is 2. The van der Waals surface area contributed by atoms with Crippen LogP contribution < -0.4 is 10.6 Å². The van der Waals surface area contributed by atoms with Gasteiger partial charge in [0.25, 0.3) is 0 Å². The first-order chi connectivity index (χ1) is 4.63. The van der Waals surface area contributed by atoms with Gasteiger partial charge in [-0.25, -0.2) is 4.79 Å². The maximum atomic E-state index is 10.0. The van der Waals surface area contributed by atoms with E-state index in [4.69, 9.17) is 0 Å². The van der Waals surface area contributed by atoms with E-state index in [1.54, 1.807) is 0 Å². The summed E-state index contributed by atoms with van der Waals surface area (Å²) < 4.78 is 0. The molecule has 1 aliphatic heterocycles. The van der Waals surface area contributed by atoms with Gasteiger partial charge in [-0.2, -0.15) is 0 Å². The van der Waals surface area contributed by atoms with Crippen LogP contribution in [-0.2, 0) is 0 Å². The second-order valence-corrected chi connectivity index (χ2v) is 2.91. The van der Waals surface area contributed by atoms with E-state index in [1.165, 1.54) is 0 Å². The molecule has 0 bridgehead atoms. The largest absolute Gasteiger partial charge is 0.336 e. The fourth-order valence-corrected chi connectivity index (χ4v) is 0.415. The minimum atomic E-state index is -0.0463. The van der Waals surface area contributed by atoms with Crippen LogP contribution in [0.1, 0.15) is 28.2 Å². The van der Waals surface area contributed by atoms with E-state index < -0.39 is 0 Å². The number of hydrogen-bond donors (Lipinski definition) is 2. The quantitative estimate of drug-likeness (QED) is 0.555. The van der Waals surface area contributed by atoms with Gasteiger partial charge in [-0.05, 0) is 5.92 Å². The van der Waals surface area contributed by atoms with E-state index in [9.17, 15) is 4.79 Å². The topological polar surface area (TPSA) is 41.1 Å². The molecule has 1 rings (SSSR count). The second kappa shape index (κ2) is 7.38. The molecule has 0 aromatic rings. The predicted octanol–water partition coefficient (Wildman–Crippen LogP) is 1.60. The zero-order chi connectivity index (χ0) is 7.98. The van der Waals surface area contributed by atoms with E-state index in [-0.39, 0.29) is 13.5 Å². The summed E-state index contributed by atoms with van der Waals surface area (Å²) in [5.74, 6) is 0.833. The van der Waals surface area contributed by atoms with Gasteiger partial charge in [-0.15, -0.1) is 0 Å². The van der Waals surface area contributed by atoms with Gasteiger partial charge in [0, 0.05) is 13.1 Å². The van der Waals surface area contributed by atoms with Crippen molar-refractivity contribution in [3.05, 3.63) is 0 Å². The SMILES string of the molecule is C.CC(C)C.O=C1NCCN1. The maximum Gasteiger partial charge on any atom is 0.314 e. The van der Waals surface area contributed by atoms with Crippen LogP contribution >= 0.6 is 0 Å². The predicted molar refractivity (Wildman–Crippen MR) is 48.6 cm³/mol. The van der Waals surface area contributed by atoms with Gasteiger partial charge >= 0.3 is 6.03 Å². The third kappa shape index (κ3) is 12.5. The third-order valence-corrected chi connectivity index (χ3v) is 0.696. The van der Waals surface area contributed by atoms with Crippen molar-refractivity contribution in [1.29, 1.82) is 0 Å². The lowest BCUT2D eigenvalue weighted by Gasteiger charge is -1.80. The molecule has 0 atom stereocenters. The van der Waals surface area contributed by atoms with Crippen LogP contribution in [0.5, 0.6) is 0 Å². The fraction of sp³-hybridized carbons (Fsp3) is 0.875. The standard InChI is InChI=1S/C4H10.C3H6N2O.CH4/c1-4(2)3;6-3-4-1-2-5-3;/h4H,1-3H3;1-2H2,(H2,4,5,6);1H4. The normalized spacial score (nSPS) is 14.0. The molecule has 0 unspecified atom stereocenters. The summed E-state index contributed by atoms with van der Waals surface area (Å²) in [6.45, 7) is 8.05. The molecule has 3 nitrogen and oxygen atoms in total. The number of carbonyl (C=O) groups excluding carboxylic acids is 1. The Bertz CT molecular complexity index is 91.5. The van der Waals surface area contributed by atoms with Crippen molar-refractivity contribution in [3.8, 4) is 0 Å². The van der Waals surface area contributed by atoms with E-state index in [0.717, 1.165) is 19.0 Å². The van der Waals surface area contributed by atoms with Crippen molar-refractivity contribution in [2.75, 3.05) is 13.1 Å². The highest BCUT2D eigenvalue weighted by atomic mass is 16.2. The van der Waals surface area contributed by atoms with E-state index in [1.807, 2.05) is 0 Å². The van der Waals surface area contributed by atoms with Crippen molar-refractivity contribution in [2.45, 2.75) is 28.2 Å². The molecule has 11 heavy (non-hydrogen) atoms. The molecular weight excluding hydrogens is 140 g/mol. The number of carbonyl (C=O) groups is 1. The Hall–Kier alpha value is -0.730. The Morgan fingerprint density at radius 2 is 1.45 bits per heavy atom. The van der Waals surface area contributed by atoms with E-state index in [0.29, 0.717) is 0 Å². The molecule has 1 aliphatic rings. The van der Waals surface area contributed by atoms with Crippen molar-refractivity contribution in [1.82, 2.24) is 10.6 Å². The number of hydrogen-bond acceptors (Lipinski definition) is 1. The summed E-state index contributed by atoms with van der Waals surface area (Å²) in [7, 11) is 0. The first-order valence-corrected chi connectivity index (χ1v) is 3.64. The first kappa shape index (κ1) is 12.9. The lowest BCUT2D eigenvalue weighted by Crippen LogP contribution is -2.20. The minimum absolute atomic E-state index is 0. The van der Waals surface area contributed by atoms with Crippen LogP contribution in [0.3, 0.4) is 0 Å². The van der Waals surface area contributed by atoms with E-state index in [2.05, 4.69) is 31.4 Å². The molecule has 0 aromatic carbocycles. The molecular formula is C8H20N2O. The Kier molecular flexibility index (Phi) is 8.65. The van der Waals surface area contributed by atoms with Gasteiger partial charge in [0.05, 0.1) is 0 Å². The Morgan fingerprint density at radius 1 is 1.18 bits per heavy atom.